The van der Waals surface area contributed by atoms with E-state index in [0.29, 0.717) is 11.3 Å². The molecule has 0 aliphatic carbocycles. The van der Waals surface area contributed by atoms with E-state index in [4.69, 9.17) is 5.11 Å². The summed E-state index contributed by atoms with van der Waals surface area (Å²) >= 11 is 0. The zero-order valence-electron chi connectivity index (χ0n) is 11.2. The van der Waals surface area contributed by atoms with Gasteiger partial charge in [-0.15, -0.1) is 0 Å². The maximum atomic E-state index is 11.6. The van der Waals surface area contributed by atoms with Gasteiger partial charge in [0.15, 0.2) is 5.78 Å². The van der Waals surface area contributed by atoms with Crippen LogP contribution in [0.25, 0.3) is 0 Å². The monoisotopic (exact) mass is 263 g/mol. The minimum absolute atomic E-state index is 0.0557. The molecular weight excluding hydrogens is 246 g/mol. The molecule has 102 valence electrons. The number of carbonyl (C=O) groups is 3. The number of hydrogen-bond donors (Lipinski definition) is 1. The fourth-order valence-electron chi connectivity index (χ4n) is 1.64. The van der Waals surface area contributed by atoms with Gasteiger partial charge in [-0.25, -0.2) is 0 Å². The Morgan fingerprint density at radius 2 is 1.68 bits per heavy atom. The lowest BCUT2D eigenvalue weighted by Crippen LogP contribution is -2.35. The molecule has 0 aliphatic rings. The lowest BCUT2D eigenvalue weighted by molar-refractivity contribution is -0.140. The SMILES string of the molecule is CC(=O)c1ccc(N(CC(C)C(=O)O)C(C)=O)cc1. The zero-order chi connectivity index (χ0) is 14.6. The maximum absolute atomic E-state index is 11.6. The van der Waals surface area contributed by atoms with Gasteiger partial charge in [-0.1, -0.05) is 6.92 Å². The molecule has 1 atom stereocenters. The van der Waals surface area contributed by atoms with Crippen LogP contribution in [0.4, 0.5) is 5.69 Å². The highest BCUT2D eigenvalue weighted by Gasteiger charge is 2.19. The van der Waals surface area contributed by atoms with Crippen LogP contribution in [0.1, 0.15) is 31.1 Å². The highest BCUT2D eigenvalue weighted by Crippen LogP contribution is 2.17. The van der Waals surface area contributed by atoms with Crippen LogP contribution in [0, 0.1) is 5.92 Å². The van der Waals surface area contributed by atoms with Crippen LogP contribution in [-0.4, -0.2) is 29.3 Å². The van der Waals surface area contributed by atoms with E-state index in [1.165, 1.54) is 18.7 Å². The van der Waals surface area contributed by atoms with Gasteiger partial charge >= 0.3 is 5.97 Å². The average Bonchev–Trinajstić information content (AvgIpc) is 2.35. The number of aliphatic carboxylic acids is 1. The fourth-order valence-corrected chi connectivity index (χ4v) is 1.64. The normalized spacial score (nSPS) is 11.7. The molecule has 5 nitrogen and oxygen atoms in total. The average molecular weight is 263 g/mol. The molecule has 19 heavy (non-hydrogen) atoms. The van der Waals surface area contributed by atoms with Gasteiger partial charge in [0.25, 0.3) is 0 Å². The van der Waals surface area contributed by atoms with E-state index in [2.05, 4.69) is 0 Å². The van der Waals surface area contributed by atoms with Crippen molar-refractivity contribution in [3.05, 3.63) is 29.8 Å². The van der Waals surface area contributed by atoms with Gasteiger partial charge in [-0.05, 0) is 31.2 Å². The maximum Gasteiger partial charge on any atom is 0.308 e. The molecule has 0 radical (unpaired) electrons. The Morgan fingerprint density at radius 1 is 1.16 bits per heavy atom. The number of anilines is 1. The predicted molar refractivity (Wildman–Crippen MR) is 71.3 cm³/mol. The second-order valence-corrected chi connectivity index (χ2v) is 4.47. The summed E-state index contributed by atoms with van der Waals surface area (Å²) in [5.74, 6) is -1.90. The molecule has 0 heterocycles. The van der Waals surface area contributed by atoms with Gasteiger partial charge in [0, 0.05) is 24.7 Å². The molecule has 1 aromatic carbocycles. The molecule has 1 amide bonds. The van der Waals surface area contributed by atoms with E-state index in [1.807, 2.05) is 0 Å². The molecule has 0 saturated carbocycles. The number of carbonyl (C=O) groups excluding carboxylic acids is 2. The molecule has 0 fully saturated rings. The van der Waals surface area contributed by atoms with E-state index in [1.54, 1.807) is 31.2 Å². The smallest absolute Gasteiger partial charge is 0.308 e. The summed E-state index contributed by atoms with van der Waals surface area (Å²) in [6, 6.07) is 6.54. The van der Waals surface area contributed by atoms with Crippen molar-refractivity contribution >= 4 is 23.3 Å². The molecule has 0 saturated heterocycles. The number of Topliss-reactive ketones (excluding diaryl/α,β-unsaturated/α-hetero) is 1. The molecule has 0 aliphatic heterocycles. The van der Waals surface area contributed by atoms with E-state index in [0.717, 1.165) is 0 Å². The quantitative estimate of drug-likeness (QED) is 0.824. The first-order valence-corrected chi connectivity index (χ1v) is 5.95. The number of benzene rings is 1. The number of carboxylic acid groups (broad SMARTS) is 1. The second-order valence-electron chi connectivity index (χ2n) is 4.47. The third-order valence-electron chi connectivity index (χ3n) is 2.84. The minimum atomic E-state index is -0.952. The van der Waals surface area contributed by atoms with Gasteiger partial charge < -0.3 is 10.0 Å². The Labute approximate surface area is 111 Å². The van der Waals surface area contributed by atoms with Gasteiger partial charge in [0.1, 0.15) is 0 Å². The third-order valence-corrected chi connectivity index (χ3v) is 2.84. The Morgan fingerprint density at radius 3 is 2.05 bits per heavy atom. The first-order chi connectivity index (χ1) is 8.82. The highest BCUT2D eigenvalue weighted by molar-refractivity contribution is 5.96. The third kappa shape index (κ3) is 3.91. The lowest BCUT2D eigenvalue weighted by Gasteiger charge is -2.23. The van der Waals surface area contributed by atoms with E-state index < -0.39 is 11.9 Å². The van der Waals surface area contributed by atoms with Crippen LogP contribution >= 0.6 is 0 Å². The van der Waals surface area contributed by atoms with Gasteiger partial charge in [0.2, 0.25) is 5.91 Å². The largest absolute Gasteiger partial charge is 0.481 e. The Balaban J connectivity index is 2.96. The number of amides is 1. The van der Waals surface area contributed by atoms with Crippen LogP contribution < -0.4 is 4.90 Å². The first-order valence-electron chi connectivity index (χ1n) is 5.95. The van der Waals surface area contributed by atoms with Crippen LogP contribution in [0.3, 0.4) is 0 Å². The summed E-state index contributed by atoms with van der Waals surface area (Å²) in [5, 5.41) is 8.89. The topological polar surface area (TPSA) is 74.7 Å². The van der Waals surface area contributed by atoms with Crippen molar-refractivity contribution in [2.75, 3.05) is 11.4 Å². The van der Waals surface area contributed by atoms with Gasteiger partial charge in [0.05, 0.1) is 5.92 Å². The van der Waals surface area contributed by atoms with Crippen LogP contribution in [0.2, 0.25) is 0 Å². The zero-order valence-corrected chi connectivity index (χ0v) is 11.2. The molecule has 0 aromatic heterocycles. The van der Waals surface area contributed by atoms with Crippen molar-refractivity contribution < 1.29 is 19.5 Å². The van der Waals surface area contributed by atoms with Crippen LogP contribution in [0.15, 0.2) is 24.3 Å². The number of nitrogens with zero attached hydrogens (tertiary/aromatic N) is 1. The molecule has 0 bridgehead atoms. The Bertz CT molecular complexity index is 493. The molecule has 5 heteroatoms. The fraction of sp³-hybridized carbons (Fsp3) is 0.357. The number of hydrogen-bond acceptors (Lipinski definition) is 3. The highest BCUT2D eigenvalue weighted by atomic mass is 16.4. The van der Waals surface area contributed by atoms with Gasteiger partial charge in [-0.3, -0.25) is 14.4 Å². The summed E-state index contributed by atoms with van der Waals surface area (Å²) in [6.45, 7) is 4.49. The summed E-state index contributed by atoms with van der Waals surface area (Å²) in [6.07, 6.45) is 0. The van der Waals surface area contributed by atoms with Crippen molar-refractivity contribution in [3.8, 4) is 0 Å². The Hall–Kier alpha value is -2.17. The molecule has 1 rings (SSSR count). The predicted octanol–water partition coefficient (Wildman–Crippen LogP) is 1.96. The molecule has 1 unspecified atom stereocenters. The van der Waals surface area contributed by atoms with E-state index in [-0.39, 0.29) is 18.2 Å². The van der Waals surface area contributed by atoms with Crippen LogP contribution in [0.5, 0.6) is 0 Å². The molecule has 0 spiro atoms. The summed E-state index contributed by atoms with van der Waals surface area (Å²) in [4.78, 5) is 35.0. The standard InChI is InChI=1S/C14H17NO4/c1-9(14(18)19)8-15(11(3)17)13-6-4-12(5-7-13)10(2)16/h4-7,9H,8H2,1-3H3,(H,18,19). The molecular formula is C14H17NO4. The first kappa shape index (κ1) is 14.9. The summed E-state index contributed by atoms with van der Waals surface area (Å²) in [5.41, 5.74) is 1.14. The number of carboxylic acids is 1. The summed E-state index contributed by atoms with van der Waals surface area (Å²) < 4.78 is 0. The van der Waals surface area contributed by atoms with Crippen LogP contribution in [-0.2, 0) is 9.59 Å². The minimum Gasteiger partial charge on any atom is -0.481 e. The summed E-state index contributed by atoms with van der Waals surface area (Å²) in [7, 11) is 0. The van der Waals surface area contributed by atoms with Crippen molar-refractivity contribution in [1.29, 1.82) is 0 Å². The number of rotatable bonds is 5. The van der Waals surface area contributed by atoms with E-state index >= 15 is 0 Å². The van der Waals surface area contributed by atoms with E-state index in [9.17, 15) is 14.4 Å². The van der Waals surface area contributed by atoms with Gasteiger partial charge in [-0.2, -0.15) is 0 Å². The van der Waals surface area contributed by atoms with Crippen molar-refractivity contribution in [1.82, 2.24) is 0 Å². The molecule has 1 aromatic rings. The van der Waals surface area contributed by atoms with Crippen molar-refractivity contribution in [2.24, 2.45) is 5.92 Å². The number of ketones is 1. The Kier molecular flexibility index (Phi) is 4.80. The van der Waals surface area contributed by atoms with Crippen molar-refractivity contribution in [2.45, 2.75) is 20.8 Å². The molecule has 1 N–H and O–H groups in total. The van der Waals surface area contributed by atoms with Crippen molar-refractivity contribution in [3.63, 3.8) is 0 Å². The lowest BCUT2D eigenvalue weighted by atomic mass is 10.1. The second kappa shape index (κ2) is 6.13.